The molecule has 2 unspecified atom stereocenters. The number of nitrogens with one attached hydrogen (secondary N) is 1. The molecule has 0 saturated heterocycles. The van der Waals surface area contributed by atoms with Crippen LogP contribution >= 0.6 is 0 Å². The fourth-order valence-electron chi connectivity index (χ4n) is 1.71. The molecule has 0 aromatic carbocycles. The monoisotopic (exact) mass is 255 g/mol. The van der Waals surface area contributed by atoms with Crippen LogP contribution in [-0.2, 0) is 0 Å². The molecule has 0 bridgehead atoms. The Kier molecular flexibility index (Phi) is 4.38. The van der Waals surface area contributed by atoms with E-state index in [1.54, 1.807) is 13.8 Å². The molecule has 0 fully saturated rings. The lowest BCUT2D eigenvalue weighted by Gasteiger charge is -2.16. The molecule has 8 nitrogen and oxygen atoms in total. The lowest BCUT2D eigenvalue weighted by atomic mass is 10.1. The predicted molar refractivity (Wildman–Crippen MR) is 67.2 cm³/mol. The van der Waals surface area contributed by atoms with Crippen LogP contribution in [0.15, 0.2) is 0 Å². The van der Waals surface area contributed by atoms with Gasteiger partial charge in [-0.05, 0) is 27.2 Å². The van der Waals surface area contributed by atoms with Gasteiger partial charge in [0.15, 0.2) is 0 Å². The van der Waals surface area contributed by atoms with E-state index in [-0.39, 0.29) is 29.2 Å². The van der Waals surface area contributed by atoms with Crippen LogP contribution in [0, 0.1) is 17.0 Å². The van der Waals surface area contributed by atoms with Crippen molar-refractivity contribution in [2.24, 2.45) is 0 Å². The zero-order valence-electron chi connectivity index (χ0n) is 10.5. The van der Waals surface area contributed by atoms with Crippen molar-refractivity contribution in [2.45, 2.75) is 39.3 Å². The number of nitro groups is 1. The molecule has 1 aromatic rings. The Bertz CT molecular complexity index is 449. The number of aromatic nitrogens is 2. The second-order valence-corrected chi connectivity index (χ2v) is 4.25. The average Bonchev–Trinajstić information content (AvgIpc) is 2.12. The average molecular weight is 255 g/mol. The van der Waals surface area contributed by atoms with E-state index in [4.69, 9.17) is 5.73 Å². The standard InChI is InChI=1S/C10H17N5O3/c1-5(4-6(2)16)12-9-8(15(17)18)7(3)13-10(11)14-9/h5-6,16H,4H2,1-3H3,(H3,11,12,13,14). The molecule has 1 aromatic heterocycles. The van der Waals surface area contributed by atoms with Crippen molar-refractivity contribution in [1.29, 1.82) is 0 Å². The van der Waals surface area contributed by atoms with Crippen LogP contribution in [0.1, 0.15) is 26.0 Å². The van der Waals surface area contributed by atoms with Gasteiger partial charge in [0.2, 0.25) is 11.8 Å². The SMILES string of the molecule is Cc1nc(N)nc(NC(C)CC(C)O)c1[N+](=O)[O-]. The summed E-state index contributed by atoms with van der Waals surface area (Å²) in [5, 5.41) is 23.1. The zero-order chi connectivity index (χ0) is 13.9. The van der Waals surface area contributed by atoms with Crippen molar-refractivity contribution in [3.8, 4) is 0 Å². The molecule has 1 heterocycles. The second-order valence-electron chi connectivity index (χ2n) is 4.25. The lowest BCUT2D eigenvalue weighted by molar-refractivity contribution is -0.385. The fourth-order valence-corrected chi connectivity index (χ4v) is 1.71. The summed E-state index contributed by atoms with van der Waals surface area (Å²) in [5.74, 6) is 0.0583. The highest BCUT2D eigenvalue weighted by Gasteiger charge is 2.22. The van der Waals surface area contributed by atoms with Crippen LogP contribution in [0.2, 0.25) is 0 Å². The van der Waals surface area contributed by atoms with Gasteiger partial charge in [0, 0.05) is 6.04 Å². The minimum absolute atomic E-state index is 0.0233. The van der Waals surface area contributed by atoms with E-state index in [0.29, 0.717) is 6.42 Å². The van der Waals surface area contributed by atoms with Crippen molar-refractivity contribution < 1.29 is 10.0 Å². The zero-order valence-corrected chi connectivity index (χ0v) is 10.5. The van der Waals surface area contributed by atoms with Gasteiger partial charge in [0.25, 0.3) is 0 Å². The highest BCUT2D eigenvalue weighted by Crippen LogP contribution is 2.26. The minimum Gasteiger partial charge on any atom is -0.393 e. The number of aliphatic hydroxyl groups excluding tert-OH is 1. The highest BCUT2D eigenvalue weighted by atomic mass is 16.6. The molecule has 100 valence electrons. The number of aliphatic hydroxyl groups is 1. The summed E-state index contributed by atoms with van der Waals surface area (Å²) < 4.78 is 0. The molecule has 2 atom stereocenters. The Morgan fingerprint density at radius 3 is 2.61 bits per heavy atom. The Morgan fingerprint density at radius 1 is 1.50 bits per heavy atom. The Morgan fingerprint density at radius 2 is 2.11 bits per heavy atom. The number of nitrogens with zero attached hydrogens (tertiary/aromatic N) is 3. The van der Waals surface area contributed by atoms with E-state index >= 15 is 0 Å². The first-order chi connectivity index (χ1) is 8.31. The highest BCUT2D eigenvalue weighted by molar-refractivity contribution is 5.60. The minimum atomic E-state index is -0.549. The Labute approximate surface area is 104 Å². The van der Waals surface area contributed by atoms with Crippen molar-refractivity contribution >= 4 is 17.5 Å². The van der Waals surface area contributed by atoms with E-state index in [0.717, 1.165) is 0 Å². The molecule has 8 heteroatoms. The third-order valence-corrected chi connectivity index (χ3v) is 2.34. The van der Waals surface area contributed by atoms with Crippen LogP contribution in [-0.4, -0.2) is 32.1 Å². The lowest BCUT2D eigenvalue weighted by Crippen LogP contribution is -2.22. The largest absolute Gasteiger partial charge is 0.393 e. The molecule has 0 aliphatic rings. The van der Waals surface area contributed by atoms with Gasteiger partial charge in [-0.3, -0.25) is 10.1 Å². The molecule has 0 saturated carbocycles. The van der Waals surface area contributed by atoms with Gasteiger partial charge in [0.05, 0.1) is 11.0 Å². The van der Waals surface area contributed by atoms with Crippen LogP contribution in [0.3, 0.4) is 0 Å². The van der Waals surface area contributed by atoms with Gasteiger partial charge in [-0.2, -0.15) is 4.98 Å². The van der Waals surface area contributed by atoms with Crippen molar-refractivity contribution in [1.82, 2.24) is 9.97 Å². The number of nitrogens with two attached hydrogens (primary N) is 1. The van der Waals surface area contributed by atoms with Crippen molar-refractivity contribution in [2.75, 3.05) is 11.1 Å². The molecule has 0 spiro atoms. The van der Waals surface area contributed by atoms with E-state index in [1.807, 2.05) is 0 Å². The van der Waals surface area contributed by atoms with E-state index in [2.05, 4.69) is 15.3 Å². The maximum Gasteiger partial charge on any atom is 0.332 e. The predicted octanol–water partition coefficient (Wildman–Crippen LogP) is 0.847. The van der Waals surface area contributed by atoms with Gasteiger partial charge >= 0.3 is 5.69 Å². The summed E-state index contributed by atoms with van der Waals surface area (Å²) in [5.41, 5.74) is 5.49. The maximum atomic E-state index is 11.0. The van der Waals surface area contributed by atoms with Gasteiger partial charge in [-0.15, -0.1) is 0 Å². The molecule has 0 radical (unpaired) electrons. The summed E-state index contributed by atoms with van der Waals surface area (Å²) in [6, 6.07) is -0.169. The first-order valence-electron chi connectivity index (χ1n) is 5.54. The van der Waals surface area contributed by atoms with Crippen LogP contribution in [0.4, 0.5) is 17.5 Å². The number of hydrogen-bond donors (Lipinski definition) is 3. The fraction of sp³-hybridized carbons (Fsp3) is 0.600. The number of rotatable bonds is 5. The Hall–Kier alpha value is -1.96. The molecular formula is C10H17N5O3. The third kappa shape index (κ3) is 3.52. The molecular weight excluding hydrogens is 238 g/mol. The van der Waals surface area contributed by atoms with Gasteiger partial charge < -0.3 is 16.2 Å². The number of anilines is 2. The molecule has 0 aliphatic heterocycles. The number of aryl methyl sites for hydroxylation is 1. The van der Waals surface area contributed by atoms with Gasteiger partial charge in [-0.1, -0.05) is 0 Å². The Balaban J connectivity index is 3.03. The van der Waals surface area contributed by atoms with Crippen LogP contribution < -0.4 is 11.1 Å². The third-order valence-electron chi connectivity index (χ3n) is 2.34. The maximum absolute atomic E-state index is 11.0. The summed E-state index contributed by atoms with van der Waals surface area (Å²) in [6.45, 7) is 4.94. The van der Waals surface area contributed by atoms with E-state index in [9.17, 15) is 15.2 Å². The summed E-state index contributed by atoms with van der Waals surface area (Å²) in [4.78, 5) is 18.0. The quantitative estimate of drug-likeness (QED) is 0.525. The normalized spacial score (nSPS) is 14.0. The van der Waals surface area contributed by atoms with Crippen molar-refractivity contribution in [3.63, 3.8) is 0 Å². The summed E-state index contributed by atoms with van der Waals surface area (Å²) >= 11 is 0. The van der Waals surface area contributed by atoms with E-state index < -0.39 is 11.0 Å². The molecule has 18 heavy (non-hydrogen) atoms. The first kappa shape index (κ1) is 14.1. The molecule has 0 aliphatic carbocycles. The van der Waals surface area contributed by atoms with Crippen molar-refractivity contribution in [3.05, 3.63) is 15.8 Å². The van der Waals surface area contributed by atoms with Crippen LogP contribution in [0.25, 0.3) is 0 Å². The van der Waals surface area contributed by atoms with Gasteiger partial charge in [-0.25, -0.2) is 4.98 Å². The number of hydrogen-bond acceptors (Lipinski definition) is 7. The summed E-state index contributed by atoms with van der Waals surface area (Å²) in [7, 11) is 0. The number of nitrogen functional groups attached to an aromatic ring is 1. The molecule has 4 N–H and O–H groups in total. The topological polar surface area (TPSA) is 127 Å². The van der Waals surface area contributed by atoms with Crippen LogP contribution in [0.5, 0.6) is 0 Å². The second kappa shape index (κ2) is 5.58. The first-order valence-corrected chi connectivity index (χ1v) is 5.54. The molecule has 1 rings (SSSR count). The van der Waals surface area contributed by atoms with Gasteiger partial charge in [0.1, 0.15) is 5.69 Å². The molecule has 0 amide bonds. The smallest absolute Gasteiger partial charge is 0.332 e. The summed E-state index contributed by atoms with van der Waals surface area (Å²) in [6.07, 6.45) is -0.0630. The van der Waals surface area contributed by atoms with E-state index in [1.165, 1.54) is 6.92 Å².